The summed E-state index contributed by atoms with van der Waals surface area (Å²) in [5, 5.41) is 0.574. The van der Waals surface area contributed by atoms with E-state index in [2.05, 4.69) is 4.98 Å². The van der Waals surface area contributed by atoms with Crippen LogP contribution in [0.5, 0.6) is 0 Å². The molecule has 0 radical (unpaired) electrons. The van der Waals surface area contributed by atoms with Crippen molar-refractivity contribution in [1.29, 1.82) is 0 Å². The fraction of sp³-hybridized carbons (Fsp3) is 0.545. The van der Waals surface area contributed by atoms with Crippen LogP contribution in [0, 0.1) is 0 Å². The van der Waals surface area contributed by atoms with E-state index in [4.69, 9.17) is 23.2 Å². The average molecular weight is 299 g/mol. The molecule has 0 amide bonds. The summed E-state index contributed by atoms with van der Waals surface area (Å²) in [6, 6.07) is 3.03. The normalized spacial score (nSPS) is 16.3. The lowest BCUT2D eigenvalue weighted by Crippen LogP contribution is -2.35. The maximum Gasteiger partial charge on any atom is 0.401 e. The van der Waals surface area contributed by atoms with Crippen molar-refractivity contribution in [3.05, 3.63) is 28.0 Å². The van der Waals surface area contributed by atoms with Crippen molar-refractivity contribution in [1.82, 2.24) is 9.88 Å². The van der Waals surface area contributed by atoms with Gasteiger partial charge in [-0.25, -0.2) is 4.98 Å². The highest BCUT2D eigenvalue weighted by Gasteiger charge is 2.38. The zero-order chi connectivity index (χ0) is 13.3. The molecule has 0 aromatic carbocycles. The zero-order valence-corrected chi connectivity index (χ0v) is 10.9. The van der Waals surface area contributed by atoms with Gasteiger partial charge in [0.2, 0.25) is 0 Å². The van der Waals surface area contributed by atoms with Gasteiger partial charge < -0.3 is 0 Å². The van der Waals surface area contributed by atoms with Crippen LogP contribution >= 0.6 is 23.2 Å². The molecule has 1 aliphatic rings. The van der Waals surface area contributed by atoms with Crippen molar-refractivity contribution in [3.63, 3.8) is 0 Å². The lowest BCUT2D eigenvalue weighted by molar-refractivity contribution is -0.148. The SMILES string of the molecule is FC(F)(F)CN(Cc1nc(Cl)ccc1Cl)C1CC1. The predicted molar refractivity (Wildman–Crippen MR) is 63.7 cm³/mol. The number of nitrogens with zero attached hydrogens (tertiary/aromatic N) is 2. The first-order valence-corrected chi connectivity index (χ1v) is 6.22. The number of aromatic nitrogens is 1. The van der Waals surface area contributed by atoms with E-state index in [1.807, 2.05) is 0 Å². The fourth-order valence-corrected chi connectivity index (χ4v) is 2.08. The van der Waals surface area contributed by atoms with Crippen LogP contribution in [0.25, 0.3) is 0 Å². The second kappa shape index (κ2) is 5.23. The molecule has 0 spiro atoms. The molecule has 0 saturated heterocycles. The minimum Gasteiger partial charge on any atom is -0.286 e. The van der Waals surface area contributed by atoms with Gasteiger partial charge in [-0.1, -0.05) is 23.2 Å². The molecule has 1 fully saturated rings. The summed E-state index contributed by atoms with van der Waals surface area (Å²) in [4.78, 5) is 5.33. The van der Waals surface area contributed by atoms with Gasteiger partial charge in [-0.05, 0) is 25.0 Å². The summed E-state index contributed by atoms with van der Waals surface area (Å²) >= 11 is 11.6. The molecular weight excluding hydrogens is 288 g/mol. The molecule has 0 N–H and O–H groups in total. The van der Waals surface area contributed by atoms with Gasteiger partial charge in [-0.3, -0.25) is 4.90 Å². The third-order valence-corrected chi connectivity index (χ3v) is 3.24. The van der Waals surface area contributed by atoms with Crippen molar-refractivity contribution in [2.75, 3.05) is 6.54 Å². The summed E-state index contributed by atoms with van der Waals surface area (Å²) in [5.41, 5.74) is 0.389. The second-order valence-corrected chi connectivity index (χ2v) is 5.11. The zero-order valence-electron chi connectivity index (χ0n) is 9.34. The molecule has 0 atom stereocenters. The van der Waals surface area contributed by atoms with Gasteiger partial charge in [0.15, 0.2) is 0 Å². The molecule has 7 heteroatoms. The van der Waals surface area contributed by atoms with Gasteiger partial charge >= 0.3 is 6.18 Å². The molecular formula is C11H11Cl2F3N2. The van der Waals surface area contributed by atoms with Crippen LogP contribution in [0.15, 0.2) is 12.1 Å². The minimum atomic E-state index is -4.21. The molecule has 1 aromatic heterocycles. The molecule has 1 aliphatic carbocycles. The molecule has 0 aliphatic heterocycles. The van der Waals surface area contributed by atoms with Gasteiger partial charge in [0.1, 0.15) is 5.15 Å². The molecule has 0 unspecified atom stereocenters. The molecule has 2 nitrogen and oxygen atoms in total. The Hall–Kier alpha value is -0.520. The van der Waals surface area contributed by atoms with Crippen LogP contribution in [0.4, 0.5) is 13.2 Å². The van der Waals surface area contributed by atoms with E-state index >= 15 is 0 Å². The van der Waals surface area contributed by atoms with Crippen LogP contribution in [-0.4, -0.2) is 28.6 Å². The average Bonchev–Trinajstić information content (AvgIpc) is 3.04. The molecule has 1 saturated carbocycles. The minimum absolute atomic E-state index is 0.0246. The molecule has 0 bridgehead atoms. The number of rotatable bonds is 4. The smallest absolute Gasteiger partial charge is 0.286 e. The van der Waals surface area contributed by atoms with E-state index in [0.717, 1.165) is 12.8 Å². The van der Waals surface area contributed by atoms with E-state index in [1.165, 1.54) is 11.0 Å². The Morgan fingerprint density at radius 2 is 1.94 bits per heavy atom. The molecule has 18 heavy (non-hydrogen) atoms. The van der Waals surface area contributed by atoms with Crippen molar-refractivity contribution in [2.45, 2.75) is 31.6 Å². The summed E-state index contributed by atoms with van der Waals surface area (Å²) in [6.07, 6.45) is -2.64. The first-order valence-electron chi connectivity index (χ1n) is 5.47. The van der Waals surface area contributed by atoms with Crippen LogP contribution in [-0.2, 0) is 6.54 Å². The Kier molecular flexibility index (Phi) is 4.04. The molecule has 2 rings (SSSR count). The standard InChI is InChI=1S/C11H11Cl2F3N2/c12-8-3-4-10(13)17-9(8)5-18(7-1-2-7)6-11(14,15)16/h3-4,7H,1-2,5-6H2. The highest BCUT2D eigenvalue weighted by Crippen LogP contribution is 2.32. The Balaban J connectivity index is 2.11. The monoisotopic (exact) mass is 298 g/mol. The summed E-state index contributed by atoms with van der Waals surface area (Å²) in [7, 11) is 0. The van der Waals surface area contributed by atoms with Crippen molar-refractivity contribution in [3.8, 4) is 0 Å². The van der Waals surface area contributed by atoms with Crippen molar-refractivity contribution < 1.29 is 13.2 Å². The topological polar surface area (TPSA) is 16.1 Å². The third kappa shape index (κ3) is 4.00. The lowest BCUT2D eigenvalue weighted by Gasteiger charge is -2.23. The molecule has 100 valence electrons. The molecule has 1 aromatic rings. The van der Waals surface area contributed by atoms with Gasteiger partial charge in [0.25, 0.3) is 0 Å². The van der Waals surface area contributed by atoms with Crippen LogP contribution in [0.1, 0.15) is 18.5 Å². The predicted octanol–water partition coefficient (Wildman–Crippen LogP) is 3.92. The van der Waals surface area contributed by atoms with Crippen molar-refractivity contribution in [2.24, 2.45) is 0 Å². The van der Waals surface area contributed by atoms with E-state index < -0.39 is 12.7 Å². The summed E-state index contributed by atoms with van der Waals surface area (Å²) < 4.78 is 37.4. The maximum atomic E-state index is 12.5. The Bertz CT molecular complexity index is 433. The first-order chi connectivity index (χ1) is 8.35. The van der Waals surface area contributed by atoms with E-state index in [9.17, 15) is 13.2 Å². The van der Waals surface area contributed by atoms with Crippen molar-refractivity contribution >= 4 is 23.2 Å². The second-order valence-electron chi connectivity index (χ2n) is 4.31. The van der Waals surface area contributed by atoms with E-state index in [0.29, 0.717) is 10.7 Å². The van der Waals surface area contributed by atoms with Gasteiger partial charge in [-0.15, -0.1) is 0 Å². The number of hydrogen-bond acceptors (Lipinski definition) is 2. The number of hydrogen-bond donors (Lipinski definition) is 0. The molecule has 1 heterocycles. The van der Waals surface area contributed by atoms with Gasteiger partial charge in [0, 0.05) is 12.6 Å². The lowest BCUT2D eigenvalue weighted by atomic mass is 10.3. The fourth-order valence-electron chi connectivity index (χ4n) is 1.75. The number of halogens is 5. The third-order valence-electron chi connectivity index (χ3n) is 2.68. The quantitative estimate of drug-likeness (QED) is 0.783. The number of pyridine rings is 1. The first kappa shape index (κ1) is 13.9. The highest BCUT2D eigenvalue weighted by molar-refractivity contribution is 6.32. The maximum absolute atomic E-state index is 12.5. The number of alkyl halides is 3. The van der Waals surface area contributed by atoms with Gasteiger partial charge in [-0.2, -0.15) is 13.2 Å². The highest BCUT2D eigenvalue weighted by atomic mass is 35.5. The Morgan fingerprint density at radius 3 is 2.50 bits per heavy atom. The van der Waals surface area contributed by atoms with Crippen LogP contribution in [0.2, 0.25) is 10.2 Å². The van der Waals surface area contributed by atoms with Gasteiger partial charge in [0.05, 0.1) is 17.3 Å². The van der Waals surface area contributed by atoms with E-state index in [1.54, 1.807) is 6.07 Å². The largest absolute Gasteiger partial charge is 0.401 e. The summed E-state index contributed by atoms with van der Waals surface area (Å²) in [5.74, 6) is 0. The summed E-state index contributed by atoms with van der Waals surface area (Å²) in [6.45, 7) is -0.869. The van der Waals surface area contributed by atoms with Crippen LogP contribution in [0.3, 0.4) is 0 Å². The Morgan fingerprint density at radius 1 is 1.28 bits per heavy atom. The Labute approximate surface area is 113 Å². The van der Waals surface area contributed by atoms with Crippen LogP contribution < -0.4 is 0 Å². The van der Waals surface area contributed by atoms with E-state index in [-0.39, 0.29) is 17.7 Å².